The fraction of sp³-hybridized carbons (Fsp3) is 0.346. The van der Waals surface area contributed by atoms with Crippen molar-refractivity contribution in [3.8, 4) is 22.5 Å². The lowest BCUT2D eigenvalue weighted by Crippen LogP contribution is -2.36. The summed E-state index contributed by atoms with van der Waals surface area (Å²) in [5, 5.41) is 9.14. The maximum atomic E-state index is 11.4. The number of aromatic nitrogens is 4. The first-order valence-electron chi connectivity index (χ1n) is 23.8. The predicted octanol–water partition coefficient (Wildman–Crippen LogP) is 7.22. The van der Waals surface area contributed by atoms with Gasteiger partial charge in [0.05, 0.1) is 64.2 Å². The van der Waals surface area contributed by atoms with Gasteiger partial charge in [0.1, 0.15) is 11.6 Å². The Bertz CT molecular complexity index is 2640. The number of nitrogens with one attached hydrogen (secondary N) is 3. The standard InChI is InChI=1S/C26H30N6O3.C16H17ClN4O2.C10H14N2O/c1-19(33)27-21-4-2-20(3-5-21)24-18-25(32-12-16-35-17-13-32)30-26(29-24)28-22-6-8-23(9-7-22)31-10-14-34-15-11-31;1-11(22)18-13-4-2-12(3-5-13)14-10-15(20-16(17)19-14)21-6-8-23-9-7-21;11-9-1-3-10(4-2-9)12-5-7-13-8-6-12/h2-9,18H,10-17H2,1H3,(H,27,33)(H,28,29,30);2-5,10H,6-9H2,1H3,(H,18,22);1-4H,5-8,11H2. The quantitative estimate of drug-likeness (QED) is 0.0792. The Kier molecular flexibility index (Phi) is 17.8. The molecule has 10 rings (SSSR count). The number of ether oxygens (including phenoxy) is 4. The third-order valence-corrected chi connectivity index (χ3v) is 12.0. The highest BCUT2D eigenvalue weighted by atomic mass is 35.5. The summed E-state index contributed by atoms with van der Waals surface area (Å²) in [6, 6.07) is 35.4. The van der Waals surface area contributed by atoms with Gasteiger partial charge in [0.2, 0.25) is 23.0 Å². The highest BCUT2D eigenvalue weighted by Gasteiger charge is 2.18. The Morgan fingerprint density at radius 2 is 0.845 bits per heavy atom. The van der Waals surface area contributed by atoms with E-state index in [9.17, 15) is 9.59 Å². The summed E-state index contributed by atoms with van der Waals surface area (Å²) in [6.45, 7) is 15.8. The van der Waals surface area contributed by atoms with Gasteiger partial charge in [-0.25, -0.2) is 15.0 Å². The lowest BCUT2D eigenvalue weighted by molar-refractivity contribution is -0.115. The smallest absolute Gasteiger partial charge is 0.229 e. The number of nitrogen functional groups attached to an aromatic ring is 1. The van der Waals surface area contributed by atoms with Crippen LogP contribution < -0.4 is 41.3 Å². The minimum Gasteiger partial charge on any atom is -0.399 e. The minimum atomic E-state index is -0.0996. The van der Waals surface area contributed by atoms with Crippen LogP contribution in [-0.4, -0.2) is 137 Å². The molecule has 4 aliphatic rings. The second-order valence-corrected chi connectivity index (χ2v) is 17.3. The first kappa shape index (κ1) is 50.3. The molecule has 4 saturated heterocycles. The van der Waals surface area contributed by atoms with Gasteiger partial charge < -0.3 is 60.2 Å². The maximum absolute atomic E-state index is 11.4. The van der Waals surface area contributed by atoms with Crippen molar-refractivity contribution >= 4 is 75.1 Å². The number of anilines is 9. The molecule has 0 bridgehead atoms. The first-order chi connectivity index (χ1) is 34.6. The van der Waals surface area contributed by atoms with Gasteiger partial charge in [-0.3, -0.25) is 9.59 Å². The van der Waals surface area contributed by atoms with Crippen molar-refractivity contribution in [1.82, 2.24) is 19.9 Å². The lowest BCUT2D eigenvalue weighted by Gasteiger charge is -2.29. The third-order valence-electron chi connectivity index (χ3n) is 11.8. The Labute approximate surface area is 419 Å². The topological polar surface area (TPSA) is 198 Å². The van der Waals surface area contributed by atoms with Crippen molar-refractivity contribution in [2.45, 2.75) is 13.8 Å². The van der Waals surface area contributed by atoms with Crippen LogP contribution in [0.15, 0.2) is 109 Å². The predicted molar refractivity (Wildman–Crippen MR) is 281 cm³/mol. The first-order valence-corrected chi connectivity index (χ1v) is 24.2. The van der Waals surface area contributed by atoms with Crippen molar-refractivity contribution in [3.05, 3.63) is 114 Å². The van der Waals surface area contributed by atoms with E-state index in [4.69, 9.17) is 46.3 Å². The van der Waals surface area contributed by atoms with Crippen LogP contribution in [0.25, 0.3) is 22.5 Å². The highest BCUT2D eigenvalue weighted by Crippen LogP contribution is 2.29. The number of morpholine rings is 4. The van der Waals surface area contributed by atoms with Crippen LogP contribution in [0, 0.1) is 0 Å². The number of carbonyl (C=O) groups is 2. The molecular weight excluding hydrogens is 924 g/mol. The Hall–Kier alpha value is -7.09. The monoisotopic (exact) mass is 984 g/mol. The van der Waals surface area contributed by atoms with E-state index < -0.39 is 0 Å². The number of benzene rings is 4. The molecule has 19 heteroatoms. The summed E-state index contributed by atoms with van der Waals surface area (Å²) in [6.07, 6.45) is 0. The summed E-state index contributed by atoms with van der Waals surface area (Å²) in [4.78, 5) is 49.6. The number of rotatable bonds is 10. The molecule has 4 fully saturated rings. The molecule has 5 N–H and O–H groups in total. The normalized spacial score (nSPS) is 15.9. The van der Waals surface area contributed by atoms with Crippen LogP contribution >= 0.6 is 11.6 Å². The maximum Gasteiger partial charge on any atom is 0.229 e. The molecule has 6 aromatic rings. The zero-order valence-corrected chi connectivity index (χ0v) is 40.9. The molecule has 2 amide bonds. The second-order valence-electron chi connectivity index (χ2n) is 17.0. The van der Waals surface area contributed by atoms with Crippen LogP contribution in [-0.2, 0) is 28.5 Å². The molecule has 372 valence electrons. The molecule has 71 heavy (non-hydrogen) atoms. The molecule has 2 aromatic heterocycles. The molecule has 0 spiro atoms. The Morgan fingerprint density at radius 1 is 0.479 bits per heavy atom. The largest absolute Gasteiger partial charge is 0.399 e. The zero-order chi connectivity index (χ0) is 49.4. The average Bonchev–Trinajstić information content (AvgIpc) is 3.40. The van der Waals surface area contributed by atoms with Gasteiger partial charge in [0.25, 0.3) is 0 Å². The summed E-state index contributed by atoms with van der Waals surface area (Å²) >= 11 is 6.08. The van der Waals surface area contributed by atoms with E-state index in [1.165, 1.54) is 25.2 Å². The number of amides is 2. The van der Waals surface area contributed by atoms with E-state index >= 15 is 0 Å². The molecule has 0 radical (unpaired) electrons. The van der Waals surface area contributed by atoms with E-state index in [1.807, 2.05) is 72.8 Å². The van der Waals surface area contributed by atoms with E-state index in [1.54, 1.807) is 0 Å². The molecule has 4 aliphatic heterocycles. The Morgan fingerprint density at radius 3 is 1.27 bits per heavy atom. The van der Waals surface area contributed by atoms with E-state index in [0.29, 0.717) is 32.4 Å². The van der Waals surface area contributed by atoms with Crippen LogP contribution in [0.3, 0.4) is 0 Å². The lowest BCUT2D eigenvalue weighted by atomic mass is 10.1. The van der Waals surface area contributed by atoms with Crippen molar-refractivity contribution in [3.63, 3.8) is 0 Å². The number of hydrogen-bond donors (Lipinski definition) is 4. The number of carbonyl (C=O) groups excluding carboxylic acids is 2. The molecule has 6 heterocycles. The Balaban J connectivity index is 0.000000160. The number of nitrogens with zero attached hydrogens (tertiary/aromatic N) is 8. The van der Waals surface area contributed by atoms with E-state index in [0.717, 1.165) is 136 Å². The molecule has 0 aliphatic carbocycles. The van der Waals surface area contributed by atoms with Gasteiger partial charge in [-0.1, -0.05) is 24.3 Å². The van der Waals surface area contributed by atoms with Gasteiger partial charge in [0, 0.05) is 124 Å². The van der Waals surface area contributed by atoms with Crippen molar-refractivity contribution < 1.29 is 28.5 Å². The number of halogens is 1. The van der Waals surface area contributed by atoms with Gasteiger partial charge in [-0.2, -0.15) is 4.98 Å². The van der Waals surface area contributed by atoms with Gasteiger partial charge in [-0.05, 0) is 84.4 Å². The van der Waals surface area contributed by atoms with Crippen LogP contribution in [0.4, 0.5) is 51.7 Å². The average molecular weight is 986 g/mol. The van der Waals surface area contributed by atoms with Crippen LogP contribution in [0.5, 0.6) is 0 Å². The van der Waals surface area contributed by atoms with Gasteiger partial charge >= 0.3 is 0 Å². The summed E-state index contributed by atoms with van der Waals surface area (Å²) in [5.41, 5.74) is 14.7. The molecular formula is C52H61ClN12O6. The third kappa shape index (κ3) is 15.0. The zero-order valence-electron chi connectivity index (χ0n) is 40.2. The number of nitrogens with two attached hydrogens (primary N) is 1. The fourth-order valence-corrected chi connectivity index (χ4v) is 8.35. The van der Waals surface area contributed by atoms with E-state index in [-0.39, 0.29) is 17.1 Å². The molecule has 0 atom stereocenters. The molecule has 4 aromatic carbocycles. The van der Waals surface area contributed by atoms with Crippen molar-refractivity contribution in [1.29, 1.82) is 0 Å². The summed E-state index contributed by atoms with van der Waals surface area (Å²) in [5.74, 6) is 2.00. The SMILES string of the molecule is CC(=O)Nc1ccc(-c2cc(N3CCOCC3)nc(Cl)n2)cc1.CC(=O)Nc1ccc(-c2cc(N3CCOCC3)nc(Nc3ccc(N4CCOCC4)cc3)n2)cc1.Nc1ccc(N2CCOCC2)cc1. The fourth-order valence-electron chi connectivity index (χ4n) is 8.17. The molecule has 0 saturated carbocycles. The van der Waals surface area contributed by atoms with Gasteiger partial charge in [-0.15, -0.1) is 0 Å². The molecule has 0 unspecified atom stereocenters. The van der Waals surface area contributed by atoms with Gasteiger partial charge in [0.15, 0.2) is 0 Å². The van der Waals surface area contributed by atoms with Crippen molar-refractivity contribution in [2.24, 2.45) is 0 Å². The number of hydrogen-bond acceptors (Lipinski definition) is 16. The second kappa shape index (κ2) is 25.2. The van der Waals surface area contributed by atoms with Crippen molar-refractivity contribution in [2.75, 3.05) is 146 Å². The minimum absolute atomic E-state index is 0.0967. The molecule has 18 nitrogen and oxygen atoms in total. The summed E-state index contributed by atoms with van der Waals surface area (Å²) < 4.78 is 21.6. The highest BCUT2D eigenvalue weighted by molar-refractivity contribution is 6.28. The van der Waals surface area contributed by atoms with Crippen LogP contribution in [0.2, 0.25) is 5.28 Å². The van der Waals surface area contributed by atoms with Crippen LogP contribution in [0.1, 0.15) is 13.8 Å². The summed E-state index contributed by atoms with van der Waals surface area (Å²) in [7, 11) is 0. The van der Waals surface area contributed by atoms with E-state index in [2.05, 4.69) is 81.9 Å².